The fourth-order valence-electron chi connectivity index (χ4n) is 3.20. The summed E-state index contributed by atoms with van der Waals surface area (Å²) >= 11 is 0. The minimum atomic E-state index is -0.0871. The normalized spacial score (nSPS) is 15.2. The van der Waals surface area contributed by atoms with Crippen LogP contribution in [-0.4, -0.2) is 36.5 Å². The molecule has 0 unspecified atom stereocenters. The van der Waals surface area contributed by atoms with Gasteiger partial charge in [0.2, 0.25) is 0 Å². The highest BCUT2D eigenvalue weighted by molar-refractivity contribution is 5.94. The smallest absolute Gasteiger partial charge is 0.309 e. The number of hydrogen-bond donors (Lipinski definition) is 0. The molecule has 0 atom stereocenters. The Morgan fingerprint density at radius 1 is 1.04 bits per heavy atom. The number of hydrogen-bond acceptors (Lipinski definition) is 3. The topological polar surface area (TPSA) is 46.6 Å². The molecule has 1 heterocycles. The number of likely N-dealkylation sites (tertiary alicyclic amines) is 1. The summed E-state index contributed by atoms with van der Waals surface area (Å²) in [5, 5.41) is 0. The zero-order valence-corrected chi connectivity index (χ0v) is 15.6. The van der Waals surface area contributed by atoms with Crippen LogP contribution in [0.4, 0.5) is 0 Å². The van der Waals surface area contributed by atoms with Crippen LogP contribution in [-0.2, 0) is 16.0 Å². The van der Waals surface area contributed by atoms with Crippen LogP contribution >= 0.6 is 0 Å². The molecule has 0 radical (unpaired) electrons. The van der Waals surface area contributed by atoms with Gasteiger partial charge < -0.3 is 9.64 Å². The molecule has 1 aliphatic heterocycles. The van der Waals surface area contributed by atoms with Gasteiger partial charge in [-0.25, -0.2) is 0 Å². The van der Waals surface area contributed by atoms with E-state index in [9.17, 15) is 9.59 Å². The van der Waals surface area contributed by atoms with Gasteiger partial charge >= 0.3 is 5.97 Å². The molecule has 0 aromatic heterocycles. The molecule has 1 fully saturated rings. The highest BCUT2D eigenvalue weighted by atomic mass is 16.5. The third-order valence-corrected chi connectivity index (χ3v) is 4.97. The van der Waals surface area contributed by atoms with Crippen molar-refractivity contribution in [1.29, 1.82) is 0 Å². The van der Waals surface area contributed by atoms with E-state index in [4.69, 9.17) is 4.74 Å². The molecule has 0 spiro atoms. The standard InChI is InChI=1S/C21H31NO3/c1-3-5-6-7-16-25-21(24)19-12-14-22(15-13-19)20(23)18-10-8-17(4-2)9-11-18/h8-11,19H,3-7,12-16H2,1-2H3. The molecule has 0 saturated carbocycles. The Morgan fingerprint density at radius 3 is 2.32 bits per heavy atom. The summed E-state index contributed by atoms with van der Waals surface area (Å²) in [7, 11) is 0. The van der Waals surface area contributed by atoms with Crippen LogP contribution in [0.15, 0.2) is 24.3 Å². The maximum absolute atomic E-state index is 12.6. The van der Waals surface area contributed by atoms with Crippen molar-refractivity contribution in [2.75, 3.05) is 19.7 Å². The van der Waals surface area contributed by atoms with E-state index < -0.39 is 0 Å². The van der Waals surface area contributed by atoms with E-state index in [1.54, 1.807) is 0 Å². The predicted molar refractivity (Wildman–Crippen MR) is 99.5 cm³/mol. The number of benzene rings is 1. The van der Waals surface area contributed by atoms with Crippen LogP contribution in [0.2, 0.25) is 0 Å². The molecule has 4 heteroatoms. The number of esters is 1. The van der Waals surface area contributed by atoms with Gasteiger partial charge in [-0.05, 0) is 43.4 Å². The van der Waals surface area contributed by atoms with Gasteiger partial charge in [-0.1, -0.05) is 45.2 Å². The van der Waals surface area contributed by atoms with E-state index in [1.807, 2.05) is 29.2 Å². The van der Waals surface area contributed by atoms with Gasteiger partial charge in [-0.3, -0.25) is 9.59 Å². The molecule has 1 saturated heterocycles. The molecule has 0 N–H and O–H groups in total. The van der Waals surface area contributed by atoms with Crippen molar-refractivity contribution in [2.24, 2.45) is 5.92 Å². The monoisotopic (exact) mass is 345 g/mol. The Bertz CT molecular complexity index is 545. The number of unbranched alkanes of at least 4 members (excludes halogenated alkanes) is 3. The first kappa shape index (κ1) is 19.5. The molecule has 0 aliphatic carbocycles. The van der Waals surface area contributed by atoms with Crippen molar-refractivity contribution in [2.45, 2.75) is 58.8 Å². The third kappa shape index (κ3) is 5.87. The van der Waals surface area contributed by atoms with E-state index in [0.717, 1.165) is 24.8 Å². The van der Waals surface area contributed by atoms with E-state index in [-0.39, 0.29) is 17.8 Å². The van der Waals surface area contributed by atoms with Crippen LogP contribution in [0.25, 0.3) is 0 Å². The molecule has 1 amide bonds. The summed E-state index contributed by atoms with van der Waals surface area (Å²) in [6.07, 6.45) is 6.82. The second kappa shape index (κ2) is 10.2. The first-order chi connectivity index (χ1) is 12.2. The lowest BCUT2D eigenvalue weighted by molar-refractivity contribution is -0.150. The van der Waals surface area contributed by atoms with Crippen LogP contribution in [0, 0.1) is 5.92 Å². The van der Waals surface area contributed by atoms with Gasteiger partial charge in [0.25, 0.3) is 5.91 Å². The molecular formula is C21H31NO3. The molecular weight excluding hydrogens is 314 g/mol. The molecule has 0 bridgehead atoms. The second-order valence-electron chi connectivity index (χ2n) is 6.85. The minimum absolute atomic E-state index is 0.0577. The molecule has 1 aliphatic rings. The zero-order chi connectivity index (χ0) is 18.1. The lowest BCUT2D eigenvalue weighted by atomic mass is 9.96. The van der Waals surface area contributed by atoms with Gasteiger partial charge in [0.1, 0.15) is 0 Å². The minimum Gasteiger partial charge on any atom is -0.465 e. The first-order valence-electron chi connectivity index (χ1n) is 9.70. The summed E-state index contributed by atoms with van der Waals surface area (Å²) in [6, 6.07) is 7.82. The zero-order valence-electron chi connectivity index (χ0n) is 15.6. The Balaban J connectivity index is 1.74. The van der Waals surface area contributed by atoms with Crippen molar-refractivity contribution in [3.05, 3.63) is 35.4 Å². The summed E-state index contributed by atoms with van der Waals surface area (Å²) in [5.74, 6) is -0.0809. The molecule has 25 heavy (non-hydrogen) atoms. The van der Waals surface area contributed by atoms with Gasteiger partial charge in [0.05, 0.1) is 12.5 Å². The van der Waals surface area contributed by atoms with Crippen molar-refractivity contribution in [3.63, 3.8) is 0 Å². The number of nitrogens with zero attached hydrogens (tertiary/aromatic N) is 1. The number of piperidine rings is 1. The maximum Gasteiger partial charge on any atom is 0.309 e. The first-order valence-corrected chi connectivity index (χ1v) is 9.70. The maximum atomic E-state index is 12.6. The highest BCUT2D eigenvalue weighted by Gasteiger charge is 2.28. The second-order valence-corrected chi connectivity index (χ2v) is 6.85. The van der Waals surface area contributed by atoms with E-state index in [0.29, 0.717) is 32.5 Å². The Hall–Kier alpha value is -1.84. The highest BCUT2D eigenvalue weighted by Crippen LogP contribution is 2.21. The summed E-state index contributed by atoms with van der Waals surface area (Å²) in [5.41, 5.74) is 1.96. The average Bonchev–Trinajstić information content (AvgIpc) is 2.67. The van der Waals surface area contributed by atoms with Crippen molar-refractivity contribution in [3.8, 4) is 0 Å². The van der Waals surface area contributed by atoms with Crippen LogP contribution in [0.3, 0.4) is 0 Å². The number of amides is 1. The fraction of sp³-hybridized carbons (Fsp3) is 0.619. The third-order valence-electron chi connectivity index (χ3n) is 4.97. The summed E-state index contributed by atoms with van der Waals surface area (Å²) in [4.78, 5) is 26.5. The molecule has 138 valence electrons. The summed E-state index contributed by atoms with van der Waals surface area (Å²) in [6.45, 7) is 6.05. The largest absolute Gasteiger partial charge is 0.465 e. The Kier molecular flexibility index (Phi) is 7.96. The molecule has 2 rings (SSSR count). The molecule has 1 aromatic rings. The number of carbonyl (C=O) groups excluding carboxylic acids is 2. The quantitative estimate of drug-likeness (QED) is 0.523. The molecule has 4 nitrogen and oxygen atoms in total. The number of ether oxygens (including phenoxy) is 1. The molecule has 1 aromatic carbocycles. The SMILES string of the molecule is CCCCCCOC(=O)C1CCN(C(=O)c2ccc(CC)cc2)CC1. The summed E-state index contributed by atoms with van der Waals surface area (Å²) < 4.78 is 5.39. The lowest BCUT2D eigenvalue weighted by Crippen LogP contribution is -2.40. The fourth-order valence-corrected chi connectivity index (χ4v) is 3.20. The van der Waals surface area contributed by atoms with E-state index in [2.05, 4.69) is 13.8 Å². The van der Waals surface area contributed by atoms with Crippen LogP contribution in [0.1, 0.15) is 68.3 Å². The van der Waals surface area contributed by atoms with E-state index in [1.165, 1.54) is 18.4 Å². The lowest BCUT2D eigenvalue weighted by Gasteiger charge is -2.31. The van der Waals surface area contributed by atoms with Crippen LogP contribution < -0.4 is 0 Å². The van der Waals surface area contributed by atoms with Crippen molar-refractivity contribution < 1.29 is 14.3 Å². The number of carbonyl (C=O) groups is 2. The van der Waals surface area contributed by atoms with E-state index >= 15 is 0 Å². The van der Waals surface area contributed by atoms with Gasteiger partial charge in [0, 0.05) is 18.7 Å². The van der Waals surface area contributed by atoms with Gasteiger partial charge in [-0.2, -0.15) is 0 Å². The predicted octanol–water partition coefficient (Wildman–Crippen LogP) is 4.22. The van der Waals surface area contributed by atoms with Crippen LogP contribution in [0.5, 0.6) is 0 Å². The number of aryl methyl sites for hydroxylation is 1. The van der Waals surface area contributed by atoms with Crippen molar-refractivity contribution in [1.82, 2.24) is 4.90 Å². The Morgan fingerprint density at radius 2 is 1.72 bits per heavy atom. The van der Waals surface area contributed by atoms with Gasteiger partial charge in [0.15, 0.2) is 0 Å². The number of rotatable bonds is 8. The van der Waals surface area contributed by atoms with Crippen molar-refractivity contribution >= 4 is 11.9 Å². The average molecular weight is 345 g/mol. The van der Waals surface area contributed by atoms with Gasteiger partial charge in [-0.15, -0.1) is 0 Å². The Labute approximate surface area is 151 Å².